The number of benzene rings is 2. The Morgan fingerprint density at radius 1 is 0.964 bits per heavy atom. The fourth-order valence-corrected chi connectivity index (χ4v) is 3.71. The maximum Gasteiger partial charge on any atom is 0.321 e. The van der Waals surface area contributed by atoms with Crippen LogP contribution in [0.25, 0.3) is 0 Å². The molecule has 0 unspecified atom stereocenters. The SMILES string of the molecule is Cc1ccc(S(=O)(=O)N(C)CC(=O)OCC(=O)Nc2cc(C)cc(C)c2)cc1. The van der Waals surface area contributed by atoms with Crippen molar-refractivity contribution in [3.05, 3.63) is 59.2 Å². The second-order valence-corrected chi connectivity index (χ2v) is 8.70. The molecule has 0 fully saturated rings. The van der Waals surface area contributed by atoms with E-state index >= 15 is 0 Å². The zero-order valence-electron chi connectivity index (χ0n) is 16.4. The molecular formula is C20H24N2O5S. The van der Waals surface area contributed by atoms with Crippen molar-refractivity contribution in [3.63, 3.8) is 0 Å². The molecule has 2 rings (SSSR count). The lowest BCUT2D eigenvalue weighted by Crippen LogP contribution is -2.34. The molecule has 0 aliphatic rings. The van der Waals surface area contributed by atoms with Crippen molar-refractivity contribution in [2.24, 2.45) is 0 Å². The molecule has 0 radical (unpaired) electrons. The fraction of sp³-hybridized carbons (Fsp3) is 0.300. The lowest BCUT2D eigenvalue weighted by Gasteiger charge is -2.16. The number of aryl methyl sites for hydroxylation is 3. The number of amides is 1. The largest absolute Gasteiger partial charge is 0.455 e. The summed E-state index contributed by atoms with van der Waals surface area (Å²) in [6.07, 6.45) is 0. The van der Waals surface area contributed by atoms with Gasteiger partial charge < -0.3 is 10.1 Å². The number of hydrogen-bond donors (Lipinski definition) is 1. The van der Waals surface area contributed by atoms with Crippen LogP contribution >= 0.6 is 0 Å². The van der Waals surface area contributed by atoms with Gasteiger partial charge in [0.2, 0.25) is 10.0 Å². The third kappa shape index (κ3) is 5.90. The van der Waals surface area contributed by atoms with Crippen LogP contribution in [0.1, 0.15) is 16.7 Å². The van der Waals surface area contributed by atoms with Gasteiger partial charge in [0.25, 0.3) is 5.91 Å². The molecule has 8 heteroatoms. The minimum Gasteiger partial charge on any atom is -0.455 e. The molecule has 0 saturated carbocycles. The predicted molar refractivity (Wildman–Crippen MR) is 106 cm³/mol. The summed E-state index contributed by atoms with van der Waals surface area (Å²) in [4.78, 5) is 24.0. The molecule has 0 heterocycles. The van der Waals surface area contributed by atoms with Crippen LogP contribution < -0.4 is 5.32 Å². The Labute approximate surface area is 165 Å². The highest BCUT2D eigenvalue weighted by Crippen LogP contribution is 2.15. The summed E-state index contributed by atoms with van der Waals surface area (Å²) >= 11 is 0. The highest BCUT2D eigenvalue weighted by atomic mass is 32.2. The average Bonchev–Trinajstić information content (AvgIpc) is 2.59. The Morgan fingerprint density at radius 2 is 1.54 bits per heavy atom. The van der Waals surface area contributed by atoms with Crippen molar-refractivity contribution in [2.45, 2.75) is 25.7 Å². The van der Waals surface area contributed by atoms with E-state index in [9.17, 15) is 18.0 Å². The highest BCUT2D eigenvalue weighted by Gasteiger charge is 2.23. The summed E-state index contributed by atoms with van der Waals surface area (Å²) in [6, 6.07) is 11.9. The topological polar surface area (TPSA) is 92.8 Å². The number of ether oxygens (including phenoxy) is 1. The Hall–Kier alpha value is -2.71. The van der Waals surface area contributed by atoms with Crippen LogP contribution in [0.15, 0.2) is 47.4 Å². The van der Waals surface area contributed by atoms with E-state index in [0.717, 1.165) is 21.0 Å². The minimum absolute atomic E-state index is 0.0842. The molecule has 0 spiro atoms. The van der Waals surface area contributed by atoms with Crippen LogP contribution in [-0.4, -0.2) is 44.8 Å². The third-order valence-corrected chi connectivity index (χ3v) is 5.77. The van der Waals surface area contributed by atoms with Gasteiger partial charge in [-0.05, 0) is 56.2 Å². The summed E-state index contributed by atoms with van der Waals surface area (Å²) in [7, 11) is -2.53. The number of carbonyl (C=O) groups is 2. The van der Waals surface area contributed by atoms with Crippen molar-refractivity contribution in [1.29, 1.82) is 0 Å². The molecule has 150 valence electrons. The third-order valence-electron chi connectivity index (χ3n) is 3.95. The Bertz CT molecular complexity index is 948. The van der Waals surface area contributed by atoms with Gasteiger partial charge in [-0.1, -0.05) is 23.8 Å². The Balaban J connectivity index is 1.89. The van der Waals surface area contributed by atoms with E-state index in [0.29, 0.717) is 5.69 Å². The fourth-order valence-electron chi connectivity index (χ4n) is 2.59. The molecule has 0 aliphatic carbocycles. The lowest BCUT2D eigenvalue weighted by atomic mass is 10.1. The molecule has 2 aromatic rings. The van der Waals surface area contributed by atoms with Gasteiger partial charge >= 0.3 is 5.97 Å². The summed E-state index contributed by atoms with van der Waals surface area (Å²) in [5, 5.41) is 2.65. The van der Waals surface area contributed by atoms with Crippen LogP contribution in [0.3, 0.4) is 0 Å². The molecule has 0 aromatic heterocycles. The summed E-state index contributed by atoms with van der Waals surface area (Å²) in [5.74, 6) is -1.31. The van der Waals surface area contributed by atoms with Crippen molar-refractivity contribution in [2.75, 3.05) is 25.5 Å². The normalized spacial score (nSPS) is 11.3. The average molecular weight is 404 g/mol. The standard InChI is InChI=1S/C20H24N2O5S/c1-14-5-7-18(8-6-14)28(25,26)22(4)12-20(24)27-13-19(23)21-17-10-15(2)9-16(3)11-17/h5-11H,12-13H2,1-4H3,(H,21,23). The second kappa shape index (κ2) is 8.99. The zero-order valence-corrected chi connectivity index (χ0v) is 17.2. The van der Waals surface area contributed by atoms with Gasteiger partial charge in [0.05, 0.1) is 4.90 Å². The number of anilines is 1. The number of esters is 1. The van der Waals surface area contributed by atoms with Crippen molar-refractivity contribution >= 4 is 27.6 Å². The van der Waals surface area contributed by atoms with E-state index in [1.54, 1.807) is 24.3 Å². The van der Waals surface area contributed by atoms with E-state index in [2.05, 4.69) is 5.32 Å². The number of nitrogens with zero attached hydrogens (tertiary/aromatic N) is 1. The quantitative estimate of drug-likeness (QED) is 0.716. The van der Waals surface area contributed by atoms with Crippen molar-refractivity contribution < 1.29 is 22.7 Å². The van der Waals surface area contributed by atoms with Crippen LogP contribution in [0.4, 0.5) is 5.69 Å². The molecule has 2 aromatic carbocycles. The Morgan fingerprint density at radius 3 is 2.11 bits per heavy atom. The summed E-state index contributed by atoms with van der Waals surface area (Å²) in [6.45, 7) is 4.68. The van der Waals surface area contributed by atoms with Gasteiger partial charge in [0.1, 0.15) is 6.54 Å². The number of likely N-dealkylation sites (N-methyl/N-ethyl adjacent to an activating group) is 1. The van der Waals surface area contributed by atoms with E-state index in [-0.39, 0.29) is 4.90 Å². The van der Waals surface area contributed by atoms with Crippen molar-refractivity contribution in [3.8, 4) is 0 Å². The van der Waals surface area contributed by atoms with Crippen LogP contribution in [0, 0.1) is 20.8 Å². The monoisotopic (exact) mass is 404 g/mol. The molecule has 28 heavy (non-hydrogen) atoms. The first kappa shape index (κ1) is 21.6. The molecule has 1 amide bonds. The lowest BCUT2D eigenvalue weighted by molar-refractivity contribution is -0.147. The minimum atomic E-state index is -3.82. The number of hydrogen-bond acceptors (Lipinski definition) is 5. The zero-order chi connectivity index (χ0) is 20.9. The van der Waals surface area contributed by atoms with Crippen molar-refractivity contribution in [1.82, 2.24) is 4.31 Å². The van der Waals surface area contributed by atoms with Gasteiger partial charge in [-0.25, -0.2) is 8.42 Å². The molecule has 0 saturated heterocycles. The number of rotatable bonds is 7. The van der Waals surface area contributed by atoms with Gasteiger partial charge in [-0.15, -0.1) is 0 Å². The van der Waals surface area contributed by atoms with E-state index < -0.39 is 35.1 Å². The molecule has 1 N–H and O–H groups in total. The first-order valence-corrected chi connectivity index (χ1v) is 10.1. The van der Waals surface area contributed by atoms with Crippen LogP contribution in [0.5, 0.6) is 0 Å². The smallest absolute Gasteiger partial charge is 0.321 e. The first-order valence-electron chi connectivity index (χ1n) is 8.65. The number of nitrogens with one attached hydrogen (secondary N) is 1. The van der Waals surface area contributed by atoms with Gasteiger partial charge in [-0.2, -0.15) is 4.31 Å². The molecule has 0 bridgehead atoms. The summed E-state index contributed by atoms with van der Waals surface area (Å²) in [5.41, 5.74) is 3.53. The first-order chi connectivity index (χ1) is 13.1. The number of carbonyl (C=O) groups excluding carboxylic acids is 2. The number of sulfonamides is 1. The van der Waals surface area contributed by atoms with Gasteiger partial charge in [-0.3, -0.25) is 9.59 Å². The predicted octanol–water partition coefficient (Wildman–Crippen LogP) is 2.41. The summed E-state index contributed by atoms with van der Waals surface area (Å²) < 4.78 is 30.7. The Kier molecular flexibility index (Phi) is 6.93. The van der Waals surface area contributed by atoms with Crippen LogP contribution in [0.2, 0.25) is 0 Å². The van der Waals surface area contributed by atoms with E-state index in [4.69, 9.17) is 4.74 Å². The maximum absolute atomic E-state index is 12.5. The molecule has 7 nitrogen and oxygen atoms in total. The molecule has 0 atom stereocenters. The van der Waals surface area contributed by atoms with Gasteiger partial charge in [0, 0.05) is 12.7 Å². The molecule has 0 aliphatic heterocycles. The van der Waals surface area contributed by atoms with E-state index in [1.165, 1.54) is 19.2 Å². The maximum atomic E-state index is 12.5. The van der Waals surface area contributed by atoms with Crippen LogP contribution in [-0.2, 0) is 24.3 Å². The molecular weight excluding hydrogens is 380 g/mol. The van der Waals surface area contributed by atoms with E-state index in [1.807, 2.05) is 26.8 Å². The second-order valence-electron chi connectivity index (χ2n) is 6.66. The highest BCUT2D eigenvalue weighted by molar-refractivity contribution is 7.89. The van der Waals surface area contributed by atoms with Gasteiger partial charge in [0.15, 0.2) is 6.61 Å².